The zero-order valence-electron chi connectivity index (χ0n) is 17.8. The molecule has 0 spiro atoms. The smallest absolute Gasteiger partial charge is 0.481 e. The molecule has 14 heteroatoms. The van der Waals surface area contributed by atoms with Crippen molar-refractivity contribution in [2.45, 2.75) is 44.2 Å². The number of hydrogen-bond acceptors (Lipinski definition) is 7. The third-order valence-corrected chi connectivity index (χ3v) is 4.69. The predicted octanol–water partition coefficient (Wildman–Crippen LogP) is -1.43. The molecule has 7 N–H and O–H groups in total. The van der Waals surface area contributed by atoms with E-state index < -0.39 is 49.6 Å². The molecule has 0 aliphatic rings. The van der Waals surface area contributed by atoms with Crippen LogP contribution in [0.3, 0.4) is 0 Å². The van der Waals surface area contributed by atoms with Crippen LogP contribution in [0.2, 0.25) is 0 Å². The summed E-state index contributed by atoms with van der Waals surface area (Å²) in [4.78, 5) is 58.8. The third kappa shape index (κ3) is 9.57. The highest BCUT2D eigenvalue weighted by Crippen LogP contribution is 2.13. The lowest BCUT2D eigenvalue weighted by molar-refractivity contribution is -0.140. The van der Waals surface area contributed by atoms with Crippen LogP contribution in [0, 0.1) is 0 Å². The molecule has 0 fully saturated rings. The zero-order chi connectivity index (χ0) is 25.1. The molecule has 13 nitrogen and oxygen atoms in total. The van der Waals surface area contributed by atoms with E-state index in [1.165, 1.54) is 36.2 Å². The first-order valence-corrected chi connectivity index (χ1v) is 9.89. The molecular weight excluding hydrogens is 441 g/mol. The Balaban J connectivity index is 2.58. The summed E-state index contributed by atoms with van der Waals surface area (Å²) < 4.78 is 0. The van der Waals surface area contributed by atoms with Crippen LogP contribution in [0.1, 0.15) is 32.1 Å². The lowest BCUT2D eigenvalue weighted by Gasteiger charge is -2.20. The second-order valence-electron chi connectivity index (χ2n) is 7.14. The van der Waals surface area contributed by atoms with Crippen molar-refractivity contribution in [1.29, 1.82) is 0 Å². The number of amides is 3. The van der Waals surface area contributed by atoms with E-state index in [-0.39, 0.29) is 37.1 Å². The molecule has 0 heterocycles. The third-order valence-electron chi connectivity index (χ3n) is 4.69. The molecule has 0 bridgehead atoms. The number of carboxylic acids is 3. The fourth-order valence-electron chi connectivity index (χ4n) is 2.78. The SMILES string of the molecule is CN(C(=O)CCC[C@H](NC(=O)N[C@@H](CCC(=O)O)C(=O)O)C(=O)O)c1ccc(B(O)O)cc1. The Morgan fingerprint density at radius 3 is 1.85 bits per heavy atom. The lowest BCUT2D eigenvalue weighted by Crippen LogP contribution is -2.51. The molecular formula is C19H26BN3O10. The second-order valence-corrected chi connectivity index (χ2v) is 7.14. The number of benzene rings is 1. The summed E-state index contributed by atoms with van der Waals surface area (Å²) >= 11 is 0. The minimum atomic E-state index is -1.64. The van der Waals surface area contributed by atoms with E-state index in [1.807, 2.05) is 5.32 Å². The van der Waals surface area contributed by atoms with Gasteiger partial charge in [-0.25, -0.2) is 14.4 Å². The number of nitrogens with zero attached hydrogens (tertiary/aromatic N) is 1. The number of carboxylic acid groups (broad SMARTS) is 3. The average Bonchev–Trinajstić information content (AvgIpc) is 2.74. The molecule has 0 saturated carbocycles. The lowest BCUT2D eigenvalue weighted by atomic mass is 9.80. The van der Waals surface area contributed by atoms with E-state index in [0.29, 0.717) is 5.69 Å². The van der Waals surface area contributed by atoms with Crippen molar-refractivity contribution in [3.63, 3.8) is 0 Å². The maximum absolute atomic E-state index is 12.4. The van der Waals surface area contributed by atoms with Gasteiger partial charge in [0, 0.05) is 25.6 Å². The number of hydrogen-bond donors (Lipinski definition) is 7. The molecule has 0 aliphatic heterocycles. The molecule has 3 amide bonds. The molecule has 1 rings (SSSR count). The number of rotatable bonds is 13. The molecule has 2 atom stereocenters. The van der Waals surface area contributed by atoms with Crippen LogP contribution in [0.15, 0.2) is 24.3 Å². The minimum absolute atomic E-state index is 0.0513. The highest BCUT2D eigenvalue weighted by atomic mass is 16.4. The van der Waals surface area contributed by atoms with Crippen LogP contribution < -0.4 is 21.0 Å². The summed E-state index contributed by atoms with van der Waals surface area (Å²) in [6.45, 7) is 0. The van der Waals surface area contributed by atoms with Crippen LogP contribution >= 0.6 is 0 Å². The number of aliphatic carboxylic acids is 3. The van der Waals surface area contributed by atoms with Gasteiger partial charge in [-0.3, -0.25) is 9.59 Å². The summed E-state index contributed by atoms with van der Waals surface area (Å²) in [5.74, 6) is -4.45. The van der Waals surface area contributed by atoms with Crippen molar-refractivity contribution in [3.05, 3.63) is 24.3 Å². The van der Waals surface area contributed by atoms with Crippen LogP contribution in [0.5, 0.6) is 0 Å². The van der Waals surface area contributed by atoms with Gasteiger partial charge in [0.15, 0.2) is 0 Å². The molecule has 0 saturated heterocycles. The van der Waals surface area contributed by atoms with E-state index in [9.17, 15) is 29.1 Å². The Hall–Kier alpha value is -3.65. The van der Waals surface area contributed by atoms with Gasteiger partial charge in [0.2, 0.25) is 5.91 Å². The van der Waals surface area contributed by atoms with Gasteiger partial charge in [0.1, 0.15) is 12.1 Å². The Bertz CT molecular complexity index is 862. The van der Waals surface area contributed by atoms with E-state index in [0.717, 1.165) is 0 Å². The number of urea groups is 1. The van der Waals surface area contributed by atoms with Crippen molar-refractivity contribution in [2.75, 3.05) is 11.9 Å². The van der Waals surface area contributed by atoms with Crippen LogP contribution in [-0.4, -0.2) is 81.5 Å². The monoisotopic (exact) mass is 467 g/mol. The van der Waals surface area contributed by atoms with Crippen LogP contribution in [-0.2, 0) is 19.2 Å². The first-order valence-electron chi connectivity index (χ1n) is 9.89. The van der Waals surface area contributed by atoms with E-state index in [2.05, 4.69) is 5.32 Å². The number of carbonyl (C=O) groups is 5. The molecule has 1 aromatic rings. The minimum Gasteiger partial charge on any atom is -0.481 e. The van der Waals surface area contributed by atoms with E-state index >= 15 is 0 Å². The zero-order valence-corrected chi connectivity index (χ0v) is 17.8. The van der Waals surface area contributed by atoms with Crippen molar-refractivity contribution in [1.82, 2.24) is 10.6 Å². The van der Waals surface area contributed by atoms with Gasteiger partial charge in [-0.15, -0.1) is 0 Å². The molecule has 0 unspecified atom stereocenters. The fraction of sp³-hybridized carbons (Fsp3) is 0.421. The Morgan fingerprint density at radius 2 is 1.39 bits per heavy atom. The normalized spacial score (nSPS) is 12.2. The molecule has 0 radical (unpaired) electrons. The van der Waals surface area contributed by atoms with Crippen molar-refractivity contribution >= 4 is 48.1 Å². The fourth-order valence-corrected chi connectivity index (χ4v) is 2.78. The summed E-state index contributed by atoms with van der Waals surface area (Å²) in [5.41, 5.74) is 0.735. The van der Waals surface area contributed by atoms with Crippen molar-refractivity contribution in [3.8, 4) is 0 Å². The number of anilines is 1. The number of carbonyl (C=O) groups excluding carboxylic acids is 2. The highest BCUT2D eigenvalue weighted by molar-refractivity contribution is 6.58. The maximum Gasteiger partial charge on any atom is 0.488 e. The van der Waals surface area contributed by atoms with Gasteiger partial charge in [0.25, 0.3) is 0 Å². The summed E-state index contributed by atoms with van der Waals surface area (Å²) in [6.07, 6.45) is -0.960. The van der Waals surface area contributed by atoms with Crippen molar-refractivity contribution in [2.24, 2.45) is 0 Å². The topological polar surface area (TPSA) is 214 Å². The van der Waals surface area contributed by atoms with Gasteiger partial charge in [0.05, 0.1) is 0 Å². The molecule has 0 aromatic heterocycles. The Morgan fingerprint density at radius 1 is 0.879 bits per heavy atom. The highest BCUT2D eigenvalue weighted by Gasteiger charge is 2.25. The average molecular weight is 467 g/mol. The molecule has 1 aromatic carbocycles. The molecule has 180 valence electrons. The molecule has 33 heavy (non-hydrogen) atoms. The number of nitrogens with one attached hydrogen (secondary N) is 2. The summed E-state index contributed by atoms with van der Waals surface area (Å²) in [7, 11) is -0.142. The predicted molar refractivity (Wildman–Crippen MR) is 115 cm³/mol. The van der Waals surface area contributed by atoms with Gasteiger partial charge in [-0.2, -0.15) is 0 Å². The summed E-state index contributed by atoms with van der Waals surface area (Å²) in [5, 5.41) is 49.3. The van der Waals surface area contributed by atoms with Crippen LogP contribution in [0.25, 0.3) is 0 Å². The Labute approximate surface area is 189 Å². The van der Waals surface area contributed by atoms with Gasteiger partial charge in [-0.1, -0.05) is 12.1 Å². The van der Waals surface area contributed by atoms with E-state index in [4.69, 9.17) is 20.3 Å². The Kier molecular flexibility index (Phi) is 10.8. The van der Waals surface area contributed by atoms with E-state index in [1.54, 1.807) is 0 Å². The quantitative estimate of drug-likeness (QED) is 0.168. The van der Waals surface area contributed by atoms with Gasteiger partial charge < -0.3 is 40.9 Å². The standard InChI is InChI=1S/C19H26BN3O10/c1-23(12-7-5-11(6-8-12)20(32)33)15(24)4-2-3-13(17(27)28)21-19(31)22-14(18(29)30)9-10-16(25)26/h5-8,13-14,32-33H,2-4,9-10H2,1H3,(H,25,26)(H,27,28)(H,29,30)(H2,21,22,31)/t13-,14-/m0/s1. The maximum atomic E-state index is 12.4. The first-order chi connectivity index (χ1) is 15.4. The largest absolute Gasteiger partial charge is 0.488 e. The second kappa shape index (κ2) is 13.0. The van der Waals surface area contributed by atoms with Crippen molar-refractivity contribution < 1.29 is 49.3 Å². The molecule has 0 aliphatic carbocycles. The summed E-state index contributed by atoms with van der Waals surface area (Å²) in [6, 6.07) is 1.91. The van der Waals surface area contributed by atoms with Crippen LogP contribution in [0.4, 0.5) is 10.5 Å². The van der Waals surface area contributed by atoms with Gasteiger partial charge >= 0.3 is 31.1 Å². The van der Waals surface area contributed by atoms with Gasteiger partial charge in [-0.05, 0) is 36.9 Å². The first kappa shape index (κ1) is 27.4.